The number of nitrogens with zero attached hydrogens (tertiary/aromatic N) is 1. The zero-order valence-electron chi connectivity index (χ0n) is 12.1. The van der Waals surface area contributed by atoms with E-state index in [0.29, 0.717) is 11.0 Å². The third kappa shape index (κ3) is 1.96. The second kappa shape index (κ2) is 4.95. The van der Waals surface area contributed by atoms with Crippen LogP contribution in [-0.2, 0) is 11.2 Å². The van der Waals surface area contributed by atoms with Gasteiger partial charge in [-0.25, -0.2) is 4.79 Å². The van der Waals surface area contributed by atoms with Gasteiger partial charge in [-0.2, -0.15) is 0 Å². The number of hydrogen-bond acceptors (Lipinski definition) is 5. The summed E-state index contributed by atoms with van der Waals surface area (Å²) in [7, 11) is 0. The first-order valence-corrected chi connectivity index (χ1v) is 7.66. The monoisotopic (exact) mass is 299 g/mol. The molecule has 1 aromatic carbocycles. The fraction of sp³-hybridized carbons (Fsp3) is 0.412. The summed E-state index contributed by atoms with van der Waals surface area (Å²) in [6.07, 6.45) is 2.05. The van der Waals surface area contributed by atoms with Crippen LogP contribution in [0.2, 0.25) is 0 Å². The number of carbonyl (C=O) groups is 1. The lowest BCUT2D eigenvalue weighted by Gasteiger charge is -2.44. The molecule has 3 aliphatic heterocycles. The van der Waals surface area contributed by atoms with E-state index in [1.807, 2.05) is 0 Å². The van der Waals surface area contributed by atoms with E-state index in [0.717, 1.165) is 25.9 Å². The molecule has 2 bridgehead atoms. The number of Topliss-reactive ketones (excluding diaryl/α,β-unsaturated/α-hetero) is 1. The molecule has 0 spiro atoms. The van der Waals surface area contributed by atoms with Gasteiger partial charge in [0.25, 0.3) is 0 Å². The second-order valence-electron chi connectivity index (χ2n) is 6.15. The molecule has 1 aromatic heterocycles. The van der Waals surface area contributed by atoms with E-state index in [4.69, 9.17) is 4.42 Å². The standard InChI is InChI=1S/C17H17NO4/c19-15-10-5-7-18(8-6-10)13(15)9-12-16(20)11-3-1-2-4-14(11)22-17(12)21/h1-4,10,13,20H,5-9H2/t13-/m1/s1. The smallest absolute Gasteiger partial charge is 0.343 e. The largest absolute Gasteiger partial charge is 0.507 e. The molecule has 5 heteroatoms. The normalized spacial score (nSPS) is 27.5. The number of carbonyl (C=O) groups excluding carboxylic acids is 1. The number of piperidine rings is 3. The SMILES string of the molecule is O=C1C2CCN(CC2)[C@@H]1Cc1c(O)c2ccccc2oc1=O. The molecular formula is C17H17NO4. The first-order chi connectivity index (χ1) is 10.6. The molecule has 0 aliphatic carbocycles. The van der Waals surface area contributed by atoms with Crippen molar-refractivity contribution in [3.8, 4) is 5.75 Å². The zero-order chi connectivity index (χ0) is 15.3. The predicted octanol–water partition coefficient (Wildman–Crippen LogP) is 1.70. The van der Waals surface area contributed by atoms with Gasteiger partial charge in [-0.3, -0.25) is 9.69 Å². The molecule has 5 rings (SSSR count). The van der Waals surface area contributed by atoms with Crippen molar-refractivity contribution in [1.82, 2.24) is 4.90 Å². The topological polar surface area (TPSA) is 70.8 Å². The number of ketones is 1. The van der Waals surface area contributed by atoms with Gasteiger partial charge in [0, 0.05) is 12.3 Å². The molecule has 4 heterocycles. The van der Waals surface area contributed by atoms with Crippen LogP contribution in [0.4, 0.5) is 0 Å². The van der Waals surface area contributed by atoms with Gasteiger partial charge in [0.05, 0.1) is 17.0 Å². The van der Waals surface area contributed by atoms with Crippen LogP contribution in [0.25, 0.3) is 11.0 Å². The molecule has 0 radical (unpaired) electrons. The van der Waals surface area contributed by atoms with Gasteiger partial charge >= 0.3 is 5.63 Å². The van der Waals surface area contributed by atoms with Crippen molar-refractivity contribution in [2.45, 2.75) is 25.3 Å². The van der Waals surface area contributed by atoms with Crippen molar-refractivity contribution in [3.05, 3.63) is 40.2 Å². The molecule has 1 atom stereocenters. The number of benzene rings is 1. The average molecular weight is 299 g/mol. The maximum atomic E-state index is 12.4. The Morgan fingerprint density at radius 3 is 2.64 bits per heavy atom. The van der Waals surface area contributed by atoms with Crippen LogP contribution in [0.1, 0.15) is 18.4 Å². The Kier molecular flexibility index (Phi) is 3.04. The predicted molar refractivity (Wildman–Crippen MR) is 80.9 cm³/mol. The number of para-hydroxylation sites is 1. The lowest BCUT2D eigenvalue weighted by molar-refractivity contribution is -0.136. The Bertz CT molecular complexity index is 802. The molecule has 3 saturated heterocycles. The Hall–Kier alpha value is -2.14. The van der Waals surface area contributed by atoms with Crippen molar-refractivity contribution < 1.29 is 14.3 Å². The van der Waals surface area contributed by atoms with Crippen LogP contribution in [0, 0.1) is 5.92 Å². The van der Waals surface area contributed by atoms with E-state index < -0.39 is 5.63 Å². The minimum absolute atomic E-state index is 0.0534. The minimum atomic E-state index is -0.549. The average Bonchev–Trinajstić information content (AvgIpc) is 2.54. The lowest BCUT2D eigenvalue weighted by Crippen LogP contribution is -2.56. The second-order valence-corrected chi connectivity index (χ2v) is 6.15. The summed E-state index contributed by atoms with van der Waals surface area (Å²) in [5, 5.41) is 10.9. The molecule has 0 amide bonds. The van der Waals surface area contributed by atoms with Gasteiger partial charge in [-0.15, -0.1) is 0 Å². The van der Waals surface area contributed by atoms with Crippen LogP contribution < -0.4 is 5.63 Å². The molecule has 0 unspecified atom stereocenters. The van der Waals surface area contributed by atoms with Crippen molar-refractivity contribution >= 4 is 16.8 Å². The van der Waals surface area contributed by atoms with Crippen LogP contribution in [0.15, 0.2) is 33.5 Å². The molecule has 3 fully saturated rings. The van der Waals surface area contributed by atoms with E-state index >= 15 is 0 Å². The maximum absolute atomic E-state index is 12.4. The summed E-state index contributed by atoms with van der Waals surface area (Å²) in [5.41, 5.74) is 0.0294. The van der Waals surface area contributed by atoms with E-state index in [9.17, 15) is 14.7 Å². The van der Waals surface area contributed by atoms with Crippen LogP contribution in [0.5, 0.6) is 5.75 Å². The van der Waals surface area contributed by atoms with Gasteiger partial charge in [0.2, 0.25) is 0 Å². The first-order valence-electron chi connectivity index (χ1n) is 7.66. The van der Waals surface area contributed by atoms with Crippen molar-refractivity contribution in [2.75, 3.05) is 13.1 Å². The fourth-order valence-corrected chi connectivity index (χ4v) is 3.72. The number of fused-ring (bicyclic) bond motifs is 4. The first kappa shape index (κ1) is 13.5. The van der Waals surface area contributed by atoms with Crippen LogP contribution in [-0.4, -0.2) is 34.9 Å². The molecule has 2 aromatic rings. The molecule has 3 aliphatic rings. The highest BCUT2D eigenvalue weighted by Crippen LogP contribution is 2.33. The van der Waals surface area contributed by atoms with Gasteiger partial charge in [0.15, 0.2) is 5.78 Å². The summed E-state index contributed by atoms with van der Waals surface area (Å²) >= 11 is 0. The summed E-state index contributed by atoms with van der Waals surface area (Å²) in [6.45, 7) is 1.78. The van der Waals surface area contributed by atoms with Crippen molar-refractivity contribution in [2.24, 2.45) is 5.92 Å². The maximum Gasteiger partial charge on any atom is 0.343 e. The number of hydrogen-bond donors (Lipinski definition) is 1. The lowest BCUT2D eigenvalue weighted by atomic mass is 9.80. The Labute approximate surface area is 127 Å². The summed E-state index contributed by atoms with van der Waals surface area (Å²) in [4.78, 5) is 26.7. The molecular weight excluding hydrogens is 282 g/mol. The molecule has 0 saturated carbocycles. The van der Waals surface area contributed by atoms with Crippen molar-refractivity contribution in [1.29, 1.82) is 0 Å². The van der Waals surface area contributed by atoms with Gasteiger partial charge in [-0.1, -0.05) is 12.1 Å². The van der Waals surface area contributed by atoms with Gasteiger partial charge < -0.3 is 9.52 Å². The molecule has 22 heavy (non-hydrogen) atoms. The van der Waals surface area contributed by atoms with Gasteiger partial charge in [0.1, 0.15) is 11.3 Å². The Morgan fingerprint density at radius 2 is 1.91 bits per heavy atom. The fourth-order valence-electron chi connectivity index (χ4n) is 3.72. The summed E-state index contributed by atoms with van der Waals surface area (Å²) in [6, 6.07) is 6.59. The quantitative estimate of drug-likeness (QED) is 0.855. The number of rotatable bonds is 2. The highest BCUT2D eigenvalue weighted by molar-refractivity contribution is 5.89. The molecule has 1 N–H and O–H groups in total. The van der Waals surface area contributed by atoms with E-state index in [1.54, 1.807) is 24.3 Å². The minimum Gasteiger partial charge on any atom is -0.507 e. The van der Waals surface area contributed by atoms with Crippen LogP contribution in [0.3, 0.4) is 0 Å². The molecule has 114 valence electrons. The van der Waals surface area contributed by atoms with Crippen molar-refractivity contribution in [3.63, 3.8) is 0 Å². The Balaban J connectivity index is 1.76. The third-order valence-electron chi connectivity index (χ3n) is 4.98. The van der Waals surface area contributed by atoms with Gasteiger partial charge in [-0.05, 0) is 38.1 Å². The number of aromatic hydroxyl groups is 1. The van der Waals surface area contributed by atoms with E-state index in [1.165, 1.54) is 0 Å². The summed E-state index contributed by atoms with van der Waals surface area (Å²) in [5.74, 6) is 0.261. The molecule has 5 nitrogen and oxygen atoms in total. The van der Waals surface area contributed by atoms with Crippen LogP contribution >= 0.6 is 0 Å². The zero-order valence-corrected chi connectivity index (χ0v) is 12.1. The summed E-state index contributed by atoms with van der Waals surface area (Å²) < 4.78 is 5.29. The highest BCUT2D eigenvalue weighted by Gasteiger charge is 2.41. The Morgan fingerprint density at radius 1 is 1.18 bits per heavy atom. The third-order valence-corrected chi connectivity index (χ3v) is 4.98. The highest BCUT2D eigenvalue weighted by atomic mass is 16.4. The van der Waals surface area contributed by atoms with E-state index in [2.05, 4.69) is 4.90 Å². The van der Waals surface area contributed by atoms with E-state index in [-0.39, 0.29) is 35.5 Å².